The van der Waals surface area contributed by atoms with Crippen LogP contribution in [-0.4, -0.2) is 15.8 Å². The fraction of sp³-hybridized carbons (Fsp3) is 0.800. The van der Waals surface area contributed by atoms with Gasteiger partial charge in [-0.2, -0.15) is 0 Å². The van der Waals surface area contributed by atoms with Crippen LogP contribution in [0.25, 0.3) is 0 Å². The molecule has 0 aliphatic rings. The van der Waals surface area contributed by atoms with Gasteiger partial charge in [0.2, 0.25) is 0 Å². The lowest BCUT2D eigenvalue weighted by atomic mass is 9.82. The predicted octanol–water partition coefficient (Wildman–Crippen LogP) is 1.91. The summed E-state index contributed by atoms with van der Waals surface area (Å²) in [5.41, 5.74) is -0.0428. The van der Waals surface area contributed by atoms with Gasteiger partial charge in [-0.15, -0.1) is 0 Å². The molecule has 0 bridgehead atoms. The van der Waals surface area contributed by atoms with Gasteiger partial charge in [-0.05, 0) is 18.8 Å². The molecule has 2 heteroatoms. The predicted molar refractivity (Wildman–Crippen MR) is 58.2 cm³/mol. The Bertz CT molecular complexity index is 153. The van der Waals surface area contributed by atoms with Gasteiger partial charge in [-0.3, -0.25) is 0 Å². The summed E-state index contributed by atoms with van der Waals surface area (Å²) >= 11 is 0. The minimum Gasteiger partial charge on any atom is -0.498 e. The van der Waals surface area contributed by atoms with E-state index >= 15 is 0 Å². The summed E-state index contributed by atoms with van der Waals surface area (Å²) in [6.45, 7) is 14.8. The number of ether oxygens (including phenoxy) is 1. The van der Waals surface area contributed by atoms with Crippen LogP contribution in [0.1, 0.15) is 34.6 Å². The quantitative estimate of drug-likeness (QED) is 0.481. The van der Waals surface area contributed by atoms with E-state index in [0.717, 1.165) is 15.6 Å². The van der Waals surface area contributed by atoms with Gasteiger partial charge in [0, 0.05) is 0 Å². The van der Waals surface area contributed by atoms with Crippen molar-refractivity contribution in [2.45, 2.75) is 40.2 Å². The monoisotopic (exact) mass is 186 g/mol. The Kier molecular flexibility index (Phi) is 4.04. The van der Waals surface area contributed by atoms with E-state index in [1.165, 1.54) is 0 Å². The molecule has 0 aromatic rings. The van der Waals surface area contributed by atoms with Crippen molar-refractivity contribution in [2.75, 3.05) is 0 Å². The van der Waals surface area contributed by atoms with Gasteiger partial charge in [0.15, 0.2) is 0 Å². The first kappa shape index (κ1) is 11.8. The average Bonchev–Trinajstić information content (AvgIpc) is 1.84. The van der Waals surface area contributed by atoms with Gasteiger partial charge in [-0.25, -0.2) is 0 Å². The highest BCUT2D eigenvalue weighted by Gasteiger charge is 2.33. The molecule has 0 saturated heterocycles. The molecule has 0 aliphatic carbocycles. The summed E-state index contributed by atoms with van der Waals surface area (Å²) in [7, 11) is 0.925. The van der Waals surface area contributed by atoms with Gasteiger partial charge in [0.1, 0.15) is 5.60 Å². The lowest BCUT2D eigenvalue weighted by molar-refractivity contribution is -0.0478. The van der Waals surface area contributed by atoms with E-state index in [2.05, 4.69) is 41.2 Å². The van der Waals surface area contributed by atoms with Gasteiger partial charge in [0.25, 0.3) is 0 Å². The largest absolute Gasteiger partial charge is 0.498 e. The zero-order chi connectivity index (χ0) is 9.94. The highest BCUT2D eigenvalue weighted by Crippen LogP contribution is 2.31. The second-order valence-corrected chi connectivity index (χ2v) is 5.41. The van der Waals surface area contributed by atoms with Gasteiger partial charge < -0.3 is 4.74 Å². The zero-order valence-corrected chi connectivity index (χ0v) is 11.3. The van der Waals surface area contributed by atoms with E-state index in [9.17, 15) is 0 Å². The van der Waals surface area contributed by atoms with E-state index in [-0.39, 0.29) is 5.60 Å². The maximum atomic E-state index is 5.83. The molecule has 0 amide bonds. The summed E-state index contributed by atoms with van der Waals surface area (Å²) in [6.07, 6.45) is 0. The summed E-state index contributed by atoms with van der Waals surface area (Å²) in [5, 5.41) is 0.944. The van der Waals surface area contributed by atoms with Crippen molar-refractivity contribution < 1.29 is 4.74 Å². The van der Waals surface area contributed by atoms with Gasteiger partial charge in [-0.1, -0.05) is 34.3 Å². The molecule has 0 radical (unpaired) electrons. The Hall–Kier alpha value is -0.243. The van der Waals surface area contributed by atoms with Crippen LogP contribution >= 0.6 is 0 Å². The first-order valence-electron chi connectivity index (χ1n) is 4.65. The molecule has 0 aromatic heterocycles. The normalized spacial score (nSPS) is 12.6. The summed E-state index contributed by atoms with van der Waals surface area (Å²) in [4.78, 5) is 0. The topological polar surface area (TPSA) is 9.23 Å². The maximum absolute atomic E-state index is 5.83. The van der Waals surface area contributed by atoms with Crippen LogP contribution in [0.3, 0.4) is 0 Å². The molecular formula is C10H22OSi. The second kappa shape index (κ2) is 4.12. The molecule has 0 heterocycles. The van der Waals surface area contributed by atoms with E-state index in [1.54, 1.807) is 0 Å². The van der Waals surface area contributed by atoms with Gasteiger partial charge in [0.05, 0.1) is 15.6 Å². The van der Waals surface area contributed by atoms with Crippen LogP contribution in [0.15, 0.2) is 12.0 Å². The van der Waals surface area contributed by atoms with Crippen LogP contribution in [0.4, 0.5) is 0 Å². The molecule has 1 nitrogen and oxygen atoms in total. The Morgan fingerprint density at radius 3 is 1.67 bits per heavy atom. The van der Waals surface area contributed by atoms with Crippen molar-refractivity contribution in [2.24, 2.45) is 11.8 Å². The van der Waals surface area contributed by atoms with E-state index in [0.29, 0.717) is 11.8 Å². The molecule has 0 rings (SSSR count). The molecule has 0 unspecified atom stereocenters. The van der Waals surface area contributed by atoms with E-state index in [1.807, 2.05) is 0 Å². The van der Waals surface area contributed by atoms with Gasteiger partial charge >= 0.3 is 0 Å². The third-order valence-corrected chi connectivity index (χ3v) is 2.89. The lowest BCUT2D eigenvalue weighted by Crippen LogP contribution is -2.40. The van der Waals surface area contributed by atoms with Crippen molar-refractivity contribution in [3.05, 3.63) is 12.0 Å². The average molecular weight is 186 g/mol. The van der Waals surface area contributed by atoms with Crippen molar-refractivity contribution in [3.8, 4) is 0 Å². The van der Waals surface area contributed by atoms with Crippen molar-refractivity contribution >= 4 is 10.2 Å². The SMILES string of the molecule is C=C([SiH3])OC(C)(C(C)C)C(C)C. The molecule has 0 N–H and O–H groups in total. The fourth-order valence-corrected chi connectivity index (χ4v) is 1.72. The molecule has 0 aliphatic heterocycles. The van der Waals surface area contributed by atoms with Crippen LogP contribution in [0.5, 0.6) is 0 Å². The summed E-state index contributed by atoms with van der Waals surface area (Å²) in [5.74, 6) is 1.06. The highest BCUT2D eigenvalue weighted by molar-refractivity contribution is 6.19. The van der Waals surface area contributed by atoms with Crippen LogP contribution < -0.4 is 0 Å². The van der Waals surface area contributed by atoms with E-state index in [4.69, 9.17) is 4.74 Å². The maximum Gasteiger partial charge on any atom is 0.110 e. The summed E-state index contributed by atoms with van der Waals surface area (Å²) < 4.78 is 5.83. The van der Waals surface area contributed by atoms with Crippen molar-refractivity contribution in [1.29, 1.82) is 0 Å². The minimum absolute atomic E-state index is 0.0428. The second-order valence-electron chi connectivity index (χ2n) is 4.30. The van der Waals surface area contributed by atoms with Crippen molar-refractivity contribution in [3.63, 3.8) is 0 Å². The number of hydrogen-bond acceptors (Lipinski definition) is 1. The minimum atomic E-state index is -0.0428. The Labute approximate surface area is 79.6 Å². The zero-order valence-electron chi connectivity index (χ0n) is 9.27. The van der Waals surface area contributed by atoms with Crippen LogP contribution in [-0.2, 0) is 4.74 Å². The first-order chi connectivity index (χ1) is 5.30. The molecule has 0 atom stereocenters. The van der Waals surface area contributed by atoms with Crippen LogP contribution in [0, 0.1) is 11.8 Å². The van der Waals surface area contributed by atoms with E-state index < -0.39 is 0 Å². The number of hydrogen-bond donors (Lipinski definition) is 0. The highest BCUT2D eigenvalue weighted by atomic mass is 28.1. The standard InChI is InChI=1S/C10H22OSi/c1-7(2)10(6,8(3)4)11-9(5)12/h7-8H,5H2,1-4,6,12H3. The number of rotatable bonds is 4. The van der Waals surface area contributed by atoms with Crippen molar-refractivity contribution in [1.82, 2.24) is 0 Å². The molecule has 0 saturated carbocycles. The molecule has 0 fully saturated rings. The Morgan fingerprint density at radius 1 is 1.25 bits per heavy atom. The molecule has 12 heavy (non-hydrogen) atoms. The Balaban J connectivity index is 4.51. The first-order valence-corrected chi connectivity index (χ1v) is 5.65. The third-order valence-electron chi connectivity index (χ3n) is 2.69. The summed E-state index contributed by atoms with van der Waals surface area (Å²) in [6, 6.07) is 0. The van der Waals surface area contributed by atoms with Crippen LogP contribution in [0.2, 0.25) is 0 Å². The fourth-order valence-electron chi connectivity index (χ4n) is 1.28. The molecule has 0 spiro atoms. The third kappa shape index (κ3) is 2.66. The lowest BCUT2D eigenvalue weighted by Gasteiger charge is -2.38. The smallest absolute Gasteiger partial charge is 0.110 e. The molecule has 72 valence electrons. The Morgan fingerprint density at radius 2 is 1.58 bits per heavy atom. The molecular weight excluding hydrogens is 164 g/mol. The molecule has 0 aromatic carbocycles.